The third-order valence-corrected chi connectivity index (χ3v) is 4.57. The van der Waals surface area contributed by atoms with Crippen LogP contribution in [-0.4, -0.2) is 60.4 Å². The average molecular weight is 335 g/mol. The number of rotatable bonds is 2. The van der Waals surface area contributed by atoms with Gasteiger partial charge in [0.1, 0.15) is 11.8 Å². The number of nitrogens with zero attached hydrogens (tertiary/aromatic N) is 9. The summed E-state index contributed by atoms with van der Waals surface area (Å²) in [5.74, 6) is 1.86. The molecule has 0 aromatic carbocycles. The van der Waals surface area contributed by atoms with Gasteiger partial charge in [0.15, 0.2) is 11.6 Å². The Hall–Kier alpha value is -3.23. The second-order valence-electron chi connectivity index (χ2n) is 6.15. The molecule has 5 rings (SSSR count). The number of piperazine rings is 1. The van der Waals surface area contributed by atoms with Gasteiger partial charge in [0.25, 0.3) is 0 Å². The van der Waals surface area contributed by atoms with Crippen molar-refractivity contribution in [1.29, 1.82) is 0 Å². The van der Waals surface area contributed by atoms with Gasteiger partial charge in [-0.3, -0.25) is 4.40 Å². The summed E-state index contributed by atoms with van der Waals surface area (Å²) in [6.07, 6.45) is 9.04. The molecule has 0 bridgehead atoms. The van der Waals surface area contributed by atoms with Crippen LogP contribution in [0.15, 0.2) is 37.2 Å². The number of anilines is 2. The molecule has 5 heterocycles. The van der Waals surface area contributed by atoms with E-state index in [1.807, 2.05) is 28.2 Å². The number of hydrogen-bond donors (Lipinski definition) is 0. The zero-order valence-corrected chi connectivity index (χ0v) is 13.8. The van der Waals surface area contributed by atoms with Crippen LogP contribution >= 0.6 is 0 Å². The molecule has 1 aliphatic rings. The van der Waals surface area contributed by atoms with Gasteiger partial charge < -0.3 is 9.80 Å². The van der Waals surface area contributed by atoms with E-state index < -0.39 is 0 Å². The van der Waals surface area contributed by atoms with Crippen molar-refractivity contribution in [3.63, 3.8) is 0 Å². The third-order valence-electron chi connectivity index (χ3n) is 4.57. The van der Waals surface area contributed by atoms with Crippen LogP contribution in [0.1, 0.15) is 5.69 Å². The van der Waals surface area contributed by atoms with Crippen LogP contribution in [0.3, 0.4) is 0 Å². The fourth-order valence-corrected chi connectivity index (χ4v) is 3.37. The van der Waals surface area contributed by atoms with E-state index in [1.165, 1.54) is 0 Å². The molecule has 0 N–H and O–H groups in total. The molecule has 0 atom stereocenters. The Morgan fingerprint density at radius 3 is 2.48 bits per heavy atom. The van der Waals surface area contributed by atoms with Gasteiger partial charge >= 0.3 is 0 Å². The molecule has 0 amide bonds. The maximum Gasteiger partial charge on any atom is 0.203 e. The van der Waals surface area contributed by atoms with Gasteiger partial charge in [0, 0.05) is 51.0 Å². The summed E-state index contributed by atoms with van der Waals surface area (Å²) in [4.78, 5) is 13.7. The minimum Gasteiger partial charge on any atom is -0.351 e. The summed E-state index contributed by atoms with van der Waals surface area (Å²) in [5, 5.41) is 12.6. The van der Waals surface area contributed by atoms with E-state index in [4.69, 9.17) is 0 Å². The summed E-state index contributed by atoms with van der Waals surface area (Å²) in [6.45, 7) is 5.45. The molecule has 1 fully saturated rings. The molecule has 4 aromatic rings. The van der Waals surface area contributed by atoms with Crippen LogP contribution in [0.2, 0.25) is 0 Å². The van der Waals surface area contributed by atoms with Crippen molar-refractivity contribution in [2.24, 2.45) is 0 Å². The smallest absolute Gasteiger partial charge is 0.203 e. The van der Waals surface area contributed by atoms with Crippen molar-refractivity contribution in [3.8, 4) is 0 Å². The highest BCUT2D eigenvalue weighted by Gasteiger charge is 2.23. The molecule has 25 heavy (non-hydrogen) atoms. The Bertz CT molecular complexity index is 1040. The second-order valence-corrected chi connectivity index (χ2v) is 6.15. The minimum atomic E-state index is 0.794. The second kappa shape index (κ2) is 5.40. The van der Waals surface area contributed by atoms with Crippen LogP contribution in [0.4, 0.5) is 11.6 Å². The maximum atomic E-state index is 4.59. The SMILES string of the molecule is Cc1cc2c(N3CCN(c4nccn5cnnc45)CC3)nccn2n1. The normalized spacial score (nSPS) is 15.4. The van der Waals surface area contributed by atoms with Gasteiger partial charge in [-0.25, -0.2) is 14.5 Å². The molecule has 0 saturated carbocycles. The standard InChI is InChI=1S/C16H17N9/c1-12-10-13-14(17-3-5-25(13)21-12)22-6-8-23(9-7-22)15-16-20-19-11-24(16)4-2-18-15/h2-5,10-11H,6-9H2,1H3. The van der Waals surface area contributed by atoms with Crippen molar-refractivity contribution in [3.05, 3.63) is 42.9 Å². The van der Waals surface area contributed by atoms with Crippen LogP contribution in [0, 0.1) is 6.92 Å². The summed E-state index contributed by atoms with van der Waals surface area (Å²) in [6, 6.07) is 2.08. The molecular formula is C16H17N9. The van der Waals surface area contributed by atoms with Crippen molar-refractivity contribution in [1.82, 2.24) is 34.2 Å². The predicted molar refractivity (Wildman–Crippen MR) is 92.9 cm³/mol. The molecule has 126 valence electrons. The summed E-state index contributed by atoms with van der Waals surface area (Å²) in [7, 11) is 0. The maximum absolute atomic E-state index is 4.59. The molecule has 0 spiro atoms. The van der Waals surface area contributed by atoms with E-state index in [1.54, 1.807) is 18.7 Å². The molecule has 0 unspecified atom stereocenters. The lowest BCUT2D eigenvalue weighted by atomic mass is 10.3. The summed E-state index contributed by atoms with van der Waals surface area (Å²) >= 11 is 0. The van der Waals surface area contributed by atoms with Gasteiger partial charge in [-0.2, -0.15) is 5.10 Å². The molecular weight excluding hydrogens is 318 g/mol. The van der Waals surface area contributed by atoms with Crippen molar-refractivity contribution in [2.75, 3.05) is 36.0 Å². The zero-order valence-electron chi connectivity index (χ0n) is 13.8. The molecule has 1 saturated heterocycles. The van der Waals surface area contributed by atoms with Crippen LogP contribution in [0.5, 0.6) is 0 Å². The van der Waals surface area contributed by atoms with Crippen molar-refractivity contribution in [2.45, 2.75) is 6.92 Å². The number of aromatic nitrogens is 7. The first-order valence-corrected chi connectivity index (χ1v) is 8.25. The molecule has 4 aromatic heterocycles. The zero-order chi connectivity index (χ0) is 16.8. The van der Waals surface area contributed by atoms with E-state index in [2.05, 4.69) is 41.1 Å². The van der Waals surface area contributed by atoms with E-state index in [0.717, 1.165) is 54.7 Å². The largest absolute Gasteiger partial charge is 0.351 e. The number of hydrogen-bond acceptors (Lipinski definition) is 7. The number of aryl methyl sites for hydroxylation is 1. The monoisotopic (exact) mass is 335 g/mol. The van der Waals surface area contributed by atoms with Gasteiger partial charge in [-0.15, -0.1) is 10.2 Å². The first-order valence-electron chi connectivity index (χ1n) is 8.25. The fourth-order valence-electron chi connectivity index (χ4n) is 3.37. The molecule has 9 nitrogen and oxygen atoms in total. The molecule has 0 aliphatic carbocycles. The van der Waals surface area contributed by atoms with Crippen LogP contribution in [-0.2, 0) is 0 Å². The first-order chi connectivity index (χ1) is 12.3. The van der Waals surface area contributed by atoms with E-state index in [-0.39, 0.29) is 0 Å². The first kappa shape index (κ1) is 14.1. The highest BCUT2D eigenvalue weighted by atomic mass is 15.3. The Morgan fingerprint density at radius 2 is 1.64 bits per heavy atom. The third kappa shape index (κ3) is 2.27. The molecule has 0 radical (unpaired) electrons. The highest BCUT2D eigenvalue weighted by molar-refractivity contribution is 5.70. The summed E-state index contributed by atoms with van der Waals surface area (Å²) in [5.41, 5.74) is 2.84. The van der Waals surface area contributed by atoms with Crippen LogP contribution in [0.25, 0.3) is 11.2 Å². The summed E-state index contributed by atoms with van der Waals surface area (Å²) < 4.78 is 3.79. The van der Waals surface area contributed by atoms with Crippen molar-refractivity contribution >= 4 is 22.8 Å². The van der Waals surface area contributed by atoms with Crippen LogP contribution < -0.4 is 9.80 Å². The average Bonchev–Trinajstić information content (AvgIpc) is 3.26. The van der Waals surface area contributed by atoms with Crippen molar-refractivity contribution < 1.29 is 0 Å². The van der Waals surface area contributed by atoms with E-state index in [0.29, 0.717) is 0 Å². The number of fused-ring (bicyclic) bond motifs is 2. The Kier molecular flexibility index (Phi) is 3.06. The lowest BCUT2D eigenvalue weighted by molar-refractivity contribution is 0.642. The highest BCUT2D eigenvalue weighted by Crippen LogP contribution is 2.23. The van der Waals surface area contributed by atoms with E-state index in [9.17, 15) is 0 Å². The van der Waals surface area contributed by atoms with E-state index >= 15 is 0 Å². The Morgan fingerprint density at radius 1 is 0.920 bits per heavy atom. The van der Waals surface area contributed by atoms with Gasteiger partial charge in [-0.1, -0.05) is 0 Å². The topological polar surface area (TPSA) is 79.8 Å². The van der Waals surface area contributed by atoms with Gasteiger partial charge in [0.2, 0.25) is 5.65 Å². The van der Waals surface area contributed by atoms with Gasteiger partial charge in [-0.05, 0) is 13.0 Å². The Balaban J connectivity index is 1.42. The molecule has 1 aliphatic heterocycles. The van der Waals surface area contributed by atoms with Gasteiger partial charge in [0.05, 0.1) is 5.69 Å². The predicted octanol–water partition coefficient (Wildman–Crippen LogP) is 0.802. The lowest BCUT2D eigenvalue weighted by Gasteiger charge is -2.36. The Labute approximate surface area is 143 Å². The lowest BCUT2D eigenvalue weighted by Crippen LogP contribution is -2.47. The quantitative estimate of drug-likeness (QED) is 0.536. The molecule has 9 heteroatoms. The fraction of sp³-hybridized carbons (Fsp3) is 0.312. The minimum absolute atomic E-state index is 0.794.